The van der Waals surface area contributed by atoms with E-state index < -0.39 is 0 Å². The van der Waals surface area contributed by atoms with Gasteiger partial charge in [-0.1, -0.05) is 18.2 Å². The zero-order valence-corrected chi connectivity index (χ0v) is 12.0. The van der Waals surface area contributed by atoms with Crippen LogP contribution in [0, 0.1) is 5.92 Å². The van der Waals surface area contributed by atoms with E-state index in [2.05, 4.69) is 18.0 Å². The molecule has 4 heteroatoms. The second-order valence-corrected chi connectivity index (χ2v) is 5.80. The first kappa shape index (κ1) is 13.4. The van der Waals surface area contributed by atoms with E-state index in [1.807, 2.05) is 23.1 Å². The van der Waals surface area contributed by atoms with Gasteiger partial charge in [0.1, 0.15) is 12.4 Å². The van der Waals surface area contributed by atoms with Crippen LogP contribution in [0.15, 0.2) is 24.3 Å². The molecule has 1 aromatic rings. The number of carbonyl (C=O) groups excluding carboxylic acids is 1. The fourth-order valence-corrected chi connectivity index (χ4v) is 3.01. The Balaban J connectivity index is 1.66. The summed E-state index contributed by atoms with van der Waals surface area (Å²) in [5.41, 5.74) is 1.16. The third-order valence-electron chi connectivity index (χ3n) is 4.26. The molecule has 0 radical (unpaired) electrons. The van der Waals surface area contributed by atoms with Crippen molar-refractivity contribution >= 4 is 5.91 Å². The van der Waals surface area contributed by atoms with Crippen molar-refractivity contribution in [2.75, 3.05) is 39.8 Å². The maximum Gasteiger partial charge on any atom is 0.229 e. The molecule has 2 heterocycles. The summed E-state index contributed by atoms with van der Waals surface area (Å²) in [7, 11) is 2.12. The number of carbonyl (C=O) groups is 1. The maximum absolute atomic E-state index is 12.6. The van der Waals surface area contributed by atoms with Gasteiger partial charge in [-0.05, 0) is 38.1 Å². The third kappa shape index (κ3) is 2.80. The highest BCUT2D eigenvalue weighted by Crippen LogP contribution is 2.27. The molecule has 0 aliphatic carbocycles. The zero-order valence-electron chi connectivity index (χ0n) is 12.0. The highest BCUT2D eigenvalue weighted by Gasteiger charge is 2.29. The third-order valence-corrected chi connectivity index (χ3v) is 4.26. The molecule has 0 spiro atoms. The van der Waals surface area contributed by atoms with Crippen molar-refractivity contribution < 1.29 is 9.53 Å². The number of amides is 1. The Labute approximate surface area is 120 Å². The number of hydrogen-bond acceptors (Lipinski definition) is 3. The van der Waals surface area contributed by atoms with Gasteiger partial charge in [-0.2, -0.15) is 0 Å². The largest absolute Gasteiger partial charge is 0.492 e. The lowest BCUT2D eigenvalue weighted by Crippen LogP contribution is -2.42. The van der Waals surface area contributed by atoms with Crippen molar-refractivity contribution in [3.8, 4) is 5.75 Å². The number of benzene rings is 1. The van der Waals surface area contributed by atoms with Crippen molar-refractivity contribution in [1.29, 1.82) is 0 Å². The second-order valence-electron chi connectivity index (χ2n) is 5.80. The van der Waals surface area contributed by atoms with Crippen LogP contribution in [-0.2, 0) is 11.2 Å². The first-order valence-corrected chi connectivity index (χ1v) is 7.42. The van der Waals surface area contributed by atoms with Crippen molar-refractivity contribution in [2.45, 2.75) is 12.8 Å². The molecule has 1 fully saturated rings. The summed E-state index contributed by atoms with van der Waals surface area (Å²) in [4.78, 5) is 17.0. The van der Waals surface area contributed by atoms with Gasteiger partial charge < -0.3 is 14.5 Å². The lowest BCUT2D eigenvalue weighted by molar-refractivity contribution is -0.136. The monoisotopic (exact) mass is 274 g/mol. The molecule has 4 nitrogen and oxygen atoms in total. The minimum Gasteiger partial charge on any atom is -0.492 e. The van der Waals surface area contributed by atoms with Crippen LogP contribution in [0.5, 0.6) is 5.75 Å². The van der Waals surface area contributed by atoms with E-state index in [1.165, 1.54) is 0 Å². The molecular weight excluding hydrogens is 252 g/mol. The SMILES string of the molecule is CN1CCCN(C(=O)C2COc3ccccc3C2)CC1. The second kappa shape index (κ2) is 5.83. The van der Waals surface area contributed by atoms with Crippen LogP contribution in [0.2, 0.25) is 0 Å². The molecule has 3 rings (SSSR count). The van der Waals surface area contributed by atoms with Crippen molar-refractivity contribution in [2.24, 2.45) is 5.92 Å². The molecule has 2 aliphatic heterocycles. The predicted octanol–water partition coefficient (Wildman–Crippen LogP) is 1.40. The van der Waals surface area contributed by atoms with Crippen LogP contribution in [0.3, 0.4) is 0 Å². The number of para-hydroxylation sites is 1. The van der Waals surface area contributed by atoms with Crippen LogP contribution in [-0.4, -0.2) is 55.5 Å². The molecule has 1 amide bonds. The van der Waals surface area contributed by atoms with Gasteiger partial charge in [0, 0.05) is 19.6 Å². The zero-order chi connectivity index (χ0) is 13.9. The molecule has 1 unspecified atom stereocenters. The number of ether oxygens (including phenoxy) is 1. The van der Waals surface area contributed by atoms with Crippen molar-refractivity contribution in [3.63, 3.8) is 0 Å². The fourth-order valence-electron chi connectivity index (χ4n) is 3.01. The first-order chi connectivity index (χ1) is 9.74. The number of likely N-dealkylation sites (N-methyl/N-ethyl adjacent to an activating group) is 1. The van der Waals surface area contributed by atoms with Gasteiger partial charge in [-0.25, -0.2) is 0 Å². The average molecular weight is 274 g/mol. The number of rotatable bonds is 1. The lowest BCUT2D eigenvalue weighted by Gasteiger charge is -2.29. The van der Waals surface area contributed by atoms with Crippen LogP contribution < -0.4 is 4.74 Å². The molecule has 1 saturated heterocycles. The van der Waals surface area contributed by atoms with Crippen LogP contribution in [0.4, 0.5) is 0 Å². The normalized spacial score (nSPS) is 23.6. The number of hydrogen-bond donors (Lipinski definition) is 0. The standard InChI is InChI=1S/C16H22N2O2/c1-17-7-4-8-18(10-9-17)16(19)14-11-13-5-2-3-6-15(13)20-12-14/h2-3,5-6,14H,4,7-12H2,1H3. The van der Waals surface area contributed by atoms with Gasteiger partial charge in [0.05, 0.1) is 5.92 Å². The maximum atomic E-state index is 12.6. The van der Waals surface area contributed by atoms with Crippen molar-refractivity contribution in [3.05, 3.63) is 29.8 Å². The van der Waals surface area contributed by atoms with Gasteiger partial charge in [-0.15, -0.1) is 0 Å². The first-order valence-electron chi connectivity index (χ1n) is 7.42. The quantitative estimate of drug-likeness (QED) is 0.776. The molecule has 2 aliphatic rings. The lowest BCUT2D eigenvalue weighted by atomic mass is 9.95. The van der Waals surface area contributed by atoms with E-state index in [4.69, 9.17) is 4.74 Å². The summed E-state index contributed by atoms with van der Waals surface area (Å²) in [6, 6.07) is 8.03. The Hall–Kier alpha value is -1.55. The van der Waals surface area contributed by atoms with Gasteiger partial charge in [-0.3, -0.25) is 4.79 Å². The molecule has 0 saturated carbocycles. The molecule has 1 aromatic carbocycles. The summed E-state index contributed by atoms with van der Waals surface area (Å²) >= 11 is 0. The number of fused-ring (bicyclic) bond motifs is 1. The molecule has 0 aromatic heterocycles. The van der Waals surface area contributed by atoms with Crippen LogP contribution in [0.1, 0.15) is 12.0 Å². The van der Waals surface area contributed by atoms with E-state index >= 15 is 0 Å². The Bertz CT molecular complexity index is 489. The van der Waals surface area contributed by atoms with Gasteiger partial charge in [0.15, 0.2) is 0 Å². The molecule has 108 valence electrons. The Morgan fingerprint density at radius 2 is 2.05 bits per heavy atom. The summed E-state index contributed by atoms with van der Waals surface area (Å²) in [5, 5.41) is 0. The topological polar surface area (TPSA) is 32.8 Å². The molecule has 1 atom stereocenters. The van der Waals surface area contributed by atoms with Gasteiger partial charge in [0.25, 0.3) is 0 Å². The van der Waals surface area contributed by atoms with E-state index in [-0.39, 0.29) is 11.8 Å². The minimum atomic E-state index is -0.0201. The summed E-state index contributed by atoms with van der Waals surface area (Å²) < 4.78 is 5.74. The van der Waals surface area contributed by atoms with E-state index in [0.29, 0.717) is 6.61 Å². The predicted molar refractivity (Wildman–Crippen MR) is 77.8 cm³/mol. The van der Waals surface area contributed by atoms with Crippen LogP contribution in [0.25, 0.3) is 0 Å². The smallest absolute Gasteiger partial charge is 0.229 e. The Morgan fingerprint density at radius 3 is 2.95 bits per heavy atom. The molecule has 0 N–H and O–H groups in total. The van der Waals surface area contributed by atoms with Gasteiger partial charge >= 0.3 is 0 Å². The van der Waals surface area contributed by atoms with E-state index in [9.17, 15) is 4.79 Å². The summed E-state index contributed by atoms with van der Waals surface area (Å²) in [5.74, 6) is 1.18. The summed E-state index contributed by atoms with van der Waals surface area (Å²) in [6.45, 7) is 4.28. The minimum absolute atomic E-state index is 0.0201. The molecule has 20 heavy (non-hydrogen) atoms. The molecular formula is C16H22N2O2. The molecule has 0 bridgehead atoms. The highest BCUT2D eigenvalue weighted by atomic mass is 16.5. The van der Waals surface area contributed by atoms with E-state index in [0.717, 1.165) is 50.3 Å². The Morgan fingerprint density at radius 1 is 1.20 bits per heavy atom. The summed E-state index contributed by atoms with van der Waals surface area (Å²) in [6.07, 6.45) is 1.87. The van der Waals surface area contributed by atoms with E-state index in [1.54, 1.807) is 0 Å². The van der Waals surface area contributed by atoms with Crippen LogP contribution >= 0.6 is 0 Å². The highest BCUT2D eigenvalue weighted by molar-refractivity contribution is 5.79. The Kier molecular flexibility index (Phi) is 3.92. The van der Waals surface area contributed by atoms with Gasteiger partial charge in [0.2, 0.25) is 5.91 Å². The number of nitrogens with zero attached hydrogens (tertiary/aromatic N) is 2. The average Bonchev–Trinajstić information content (AvgIpc) is 2.71. The fraction of sp³-hybridized carbons (Fsp3) is 0.562. The van der Waals surface area contributed by atoms with Crippen molar-refractivity contribution in [1.82, 2.24) is 9.80 Å².